The van der Waals surface area contributed by atoms with E-state index in [4.69, 9.17) is 15.2 Å². The first-order chi connectivity index (χ1) is 14.0. The minimum absolute atomic E-state index is 0.168. The van der Waals surface area contributed by atoms with Gasteiger partial charge in [-0.3, -0.25) is 0 Å². The van der Waals surface area contributed by atoms with Crippen molar-refractivity contribution in [3.63, 3.8) is 0 Å². The third kappa shape index (κ3) is 3.79. The van der Waals surface area contributed by atoms with Gasteiger partial charge >= 0.3 is 6.09 Å². The number of nitriles is 1. The Bertz CT molecular complexity index is 1010. The third-order valence-electron chi connectivity index (χ3n) is 5.47. The molecule has 1 aliphatic heterocycles. The van der Waals surface area contributed by atoms with Crippen molar-refractivity contribution in [2.45, 2.75) is 30.5 Å². The molecule has 4 rings (SSSR count). The van der Waals surface area contributed by atoms with Crippen LogP contribution in [0.4, 0.5) is 10.6 Å². The van der Waals surface area contributed by atoms with E-state index in [0.29, 0.717) is 24.8 Å². The number of hydrogen-bond acceptors (Lipinski definition) is 6. The van der Waals surface area contributed by atoms with Gasteiger partial charge < -0.3 is 14.9 Å². The highest BCUT2D eigenvalue weighted by atomic mass is 79.9. The SMILES string of the molecule is CSc1nc2c(c(N3CCN(C(=O)O)C(CC#N)C3)n1)CCc1ccc(Br)cc1-2. The van der Waals surface area contributed by atoms with Crippen LogP contribution in [0.1, 0.15) is 17.5 Å². The summed E-state index contributed by atoms with van der Waals surface area (Å²) in [6.45, 7) is 1.37. The van der Waals surface area contributed by atoms with Gasteiger partial charge in [-0.1, -0.05) is 33.8 Å². The van der Waals surface area contributed by atoms with Crippen LogP contribution in [0.2, 0.25) is 0 Å². The topological polar surface area (TPSA) is 93.4 Å². The molecule has 1 N–H and O–H groups in total. The standard InChI is InChI=1S/C20H20BrN5O2S/c1-29-19-23-17-15(5-3-12-2-4-13(21)10-16(12)17)18(24-19)25-8-9-26(20(27)28)14(11-25)6-7-22/h2,4,10,14H,3,5-6,8-9,11H2,1H3,(H,27,28). The highest BCUT2D eigenvalue weighted by molar-refractivity contribution is 9.10. The average molecular weight is 474 g/mol. The Morgan fingerprint density at radius 2 is 2.21 bits per heavy atom. The van der Waals surface area contributed by atoms with Crippen LogP contribution in [-0.2, 0) is 12.8 Å². The molecular weight excluding hydrogens is 454 g/mol. The lowest BCUT2D eigenvalue weighted by atomic mass is 9.89. The second-order valence-corrected chi connectivity index (χ2v) is 8.79. The monoisotopic (exact) mass is 473 g/mol. The normalized spacial score (nSPS) is 18.0. The zero-order chi connectivity index (χ0) is 20.5. The first-order valence-electron chi connectivity index (χ1n) is 9.37. The summed E-state index contributed by atoms with van der Waals surface area (Å²) in [5, 5.41) is 19.3. The number of anilines is 1. The van der Waals surface area contributed by atoms with Gasteiger partial charge in [0.2, 0.25) is 0 Å². The lowest BCUT2D eigenvalue weighted by molar-refractivity contribution is 0.119. The van der Waals surface area contributed by atoms with Gasteiger partial charge in [0.25, 0.3) is 0 Å². The number of hydrogen-bond donors (Lipinski definition) is 1. The van der Waals surface area contributed by atoms with Crippen LogP contribution in [0, 0.1) is 11.3 Å². The number of halogens is 1. The van der Waals surface area contributed by atoms with Gasteiger partial charge in [-0.05, 0) is 36.8 Å². The Morgan fingerprint density at radius 1 is 1.38 bits per heavy atom. The highest BCUT2D eigenvalue weighted by Gasteiger charge is 2.33. The maximum Gasteiger partial charge on any atom is 0.407 e. The van der Waals surface area contributed by atoms with Crippen LogP contribution in [0.3, 0.4) is 0 Å². The highest BCUT2D eigenvalue weighted by Crippen LogP contribution is 2.39. The molecule has 2 aliphatic rings. The van der Waals surface area contributed by atoms with Crippen molar-refractivity contribution in [2.75, 3.05) is 30.8 Å². The van der Waals surface area contributed by atoms with Crippen molar-refractivity contribution in [3.05, 3.63) is 33.8 Å². The molecule has 150 valence electrons. The fraction of sp³-hybridized carbons (Fsp3) is 0.400. The molecule has 1 aliphatic carbocycles. The summed E-state index contributed by atoms with van der Waals surface area (Å²) in [5.74, 6) is 0.873. The fourth-order valence-electron chi connectivity index (χ4n) is 4.08. The summed E-state index contributed by atoms with van der Waals surface area (Å²) in [6.07, 6.45) is 2.91. The number of nitrogens with zero attached hydrogens (tertiary/aromatic N) is 5. The first kappa shape index (κ1) is 20.0. The van der Waals surface area contributed by atoms with E-state index in [-0.39, 0.29) is 12.5 Å². The number of aryl methyl sites for hydroxylation is 1. The van der Waals surface area contributed by atoms with Gasteiger partial charge in [0, 0.05) is 35.2 Å². The Labute approximate surface area is 181 Å². The van der Waals surface area contributed by atoms with E-state index in [2.05, 4.69) is 45.1 Å². The van der Waals surface area contributed by atoms with Crippen LogP contribution >= 0.6 is 27.7 Å². The second kappa shape index (κ2) is 8.20. The Kier molecular flexibility index (Phi) is 5.65. The number of carboxylic acid groups (broad SMARTS) is 1. The van der Waals surface area contributed by atoms with Crippen molar-refractivity contribution >= 4 is 39.6 Å². The molecule has 1 fully saturated rings. The van der Waals surface area contributed by atoms with E-state index in [1.807, 2.05) is 6.26 Å². The zero-order valence-corrected chi connectivity index (χ0v) is 18.3. The molecule has 1 aromatic heterocycles. The molecule has 7 nitrogen and oxygen atoms in total. The summed E-state index contributed by atoms with van der Waals surface area (Å²) >= 11 is 5.07. The number of aromatic nitrogens is 2. The molecular formula is C20H20BrN5O2S. The van der Waals surface area contributed by atoms with Gasteiger partial charge in [-0.2, -0.15) is 5.26 Å². The van der Waals surface area contributed by atoms with Crippen LogP contribution in [0.5, 0.6) is 0 Å². The zero-order valence-electron chi connectivity index (χ0n) is 15.9. The van der Waals surface area contributed by atoms with Gasteiger partial charge in [0.15, 0.2) is 5.16 Å². The van der Waals surface area contributed by atoms with Crippen LogP contribution in [0.15, 0.2) is 27.8 Å². The number of thioether (sulfide) groups is 1. The molecule has 1 amide bonds. The molecule has 29 heavy (non-hydrogen) atoms. The largest absolute Gasteiger partial charge is 0.465 e. The minimum atomic E-state index is -0.974. The molecule has 9 heteroatoms. The van der Waals surface area contributed by atoms with E-state index in [9.17, 15) is 9.90 Å². The van der Waals surface area contributed by atoms with Crippen molar-refractivity contribution in [3.8, 4) is 17.3 Å². The van der Waals surface area contributed by atoms with E-state index in [1.165, 1.54) is 22.2 Å². The fourth-order valence-corrected chi connectivity index (χ4v) is 4.81. The Morgan fingerprint density at radius 3 is 2.93 bits per heavy atom. The summed E-state index contributed by atoms with van der Waals surface area (Å²) < 4.78 is 1.01. The van der Waals surface area contributed by atoms with E-state index >= 15 is 0 Å². The van der Waals surface area contributed by atoms with E-state index < -0.39 is 6.09 Å². The summed E-state index contributed by atoms with van der Waals surface area (Å²) in [6, 6.07) is 8.06. The van der Waals surface area contributed by atoms with E-state index in [1.54, 1.807) is 0 Å². The van der Waals surface area contributed by atoms with Crippen molar-refractivity contribution < 1.29 is 9.90 Å². The predicted octanol–water partition coefficient (Wildman–Crippen LogP) is 3.81. The lowest BCUT2D eigenvalue weighted by Crippen LogP contribution is -2.55. The number of fused-ring (bicyclic) bond motifs is 3. The molecule has 2 heterocycles. The molecule has 1 atom stereocenters. The summed E-state index contributed by atoms with van der Waals surface area (Å²) in [5.41, 5.74) is 4.46. The molecule has 2 aromatic rings. The minimum Gasteiger partial charge on any atom is -0.465 e. The van der Waals surface area contributed by atoms with Crippen molar-refractivity contribution in [1.29, 1.82) is 5.26 Å². The molecule has 0 spiro atoms. The van der Waals surface area contributed by atoms with Crippen LogP contribution in [-0.4, -0.2) is 58.0 Å². The molecule has 0 bridgehead atoms. The molecule has 1 unspecified atom stereocenters. The quantitative estimate of drug-likeness (QED) is 0.534. The van der Waals surface area contributed by atoms with Gasteiger partial charge in [-0.25, -0.2) is 14.8 Å². The third-order valence-corrected chi connectivity index (χ3v) is 6.51. The number of rotatable bonds is 3. The van der Waals surface area contributed by atoms with Crippen LogP contribution < -0.4 is 4.90 Å². The number of piperazine rings is 1. The average Bonchev–Trinajstić information content (AvgIpc) is 2.72. The van der Waals surface area contributed by atoms with Gasteiger partial charge in [0.1, 0.15) is 5.82 Å². The predicted molar refractivity (Wildman–Crippen MR) is 115 cm³/mol. The summed E-state index contributed by atoms with van der Waals surface area (Å²) in [4.78, 5) is 24.7. The van der Waals surface area contributed by atoms with Gasteiger partial charge in [-0.15, -0.1) is 0 Å². The van der Waals surface area contributed by atoms with Gasteiger partial charge in [0.05, 0.1) is 24.2 Å². The molecule has 0 radical (unpaired) electrons. The van der Waals surface area contributed by atoms with E-state index in [0.717, 1.165) is 40.0 Å². The van der Waals surface area contributed by atoms with Crippen molar-refractivity contribution in [1.82, 2.24) is 14.9 Å². The second-order valence-electron chi connectivity index (χ2n) is 7.10. The lowest BCUT2D eigenvalue weighted by Gasteiger charge is -2.40. The first-order valence-corrected chi connectivity index (χ1v) is 11.4. The molecule has 1 saturated heterocycles. The number of amides is 1. The van der Waals surface area contributed by atoms with Crippen molar-refractivity contribution in [2.24, 2.45) is 0 Å². The van der Waals surface area contributed by atoms with Crippen LogP contribution in [0.25, 0.3) is 11.3 Å². The maximum atomic E-state index is 11.5. The summed E-state index contributed by atoms with van der Waals surface area (Å²) in [7, 11) is 0. The maximum absolute atomic E-state index is 11.5. The number of carbonyl (C=O) groups is 1. The Hall–Kier alpha value is -2.31. The molecule has 1 aromatic carbocycles. The molecule has 0 saturated carbocycles. The Balaban J connectivity index is 1.77. The number of benzene rings is 1. The smallest absolute Gasteiger partial charge is 0.407 e.